The van der Waals surface area contributed by atoms with E-state index in [9.17, 15) is 5.11 Å². The quantitative estimate of drug-likeness (QED) is 0.931. The molecule has 0 aliphatic heterocycles. The van der Waals surface area contributed by atoms with Crippen LogP contribution in [-0.2, 0) is 0 Å². The van der Waals surface area contributed by atoms with Gasteiger partial charge in [-0.1, -0.05) is 37.1 Å². The first-order valence-electron chi connectivity index (χ1n) is 7.33. The van der Waals surface area contributed by atoms with Crippen molar-refractivity contribution in [3.8, 4) is 0 Å². The number of aliphatic hydroxyl groups excluding tert-OH is 1. The average Bonchev–Trinajstić information content (AvgIpc) is 2.97. The van der Waals surface area contributed by atoms with Gasteiger partial charge in [0, 0.05) is 23.3 Å². The fraction of sp³-hybridized carbons (Fsp3) is 0.471. The average molecular weight is 270 g/mol. The summed E-state index contributed by atoms with van der Waals surface area (Å²) in [6, 6.07) is 8.16. The Morgan fingerprint density at radius 2 is 1.85 bits per heavy atom. The Morgan fingerprint density at radius 1 is 1.15 bits per heavy atom. The zero-order valence-electron chi connectivity index (χ0n) is 12.2. The number of hydrogen-bond donors (Lipinski definition) is 1. The molecule has 1 saturated carbocycles. The first kappa shape index (κ1) is 13.5. The SMILES string of the molecule is CN(C)C1(C(O)c2cncc3ccccc23)CCCC1. The summed E-state index contributed by atoms with van der Waals surface area (Å²) in [5, 5.41) is 13.3. The minimum Gasteiger partial charge on any atom is -0.386 e. The summed E-state index contributed by atoms with van der Waals surface area (Å²) in [7, 11) is 4.15. The Morgan fingerprint density at radius 3 is 2.55 bits per heavy atom. The molecule has 1 aromatic carbocycles. The molecule has 1 heterocycles. The van der Waals surface area contributed by atoms with E-state index in [4.69, 9.17) is 0 Å². The molecule has 3 heteroatoms. The lowest BCUT2D eigenvalue weighted by Gasteiger charge is -2.41. The van der Waals surface area contributed by atoms with Crippen molar-refractivity contribution >= 4 is 10.8 Å². The number of nitrogens with zero attached hydrogens (tertiary/aromatic N) is 2. The number of aromatic nitrogens is 1. The smallest absolute Gasteiger partial charge is 0.0994 e. The van der Waals surface area contributed by atoms with Crippen molar-refractivity contribution in [2.45, 2.75) is 37.3 Å². The maximum Gasteiger partial charge on any atom is 0.0994 e. The van der Waals surface area contributed by atoms with E-state index in [1.165, 1.54) is 12.8 Å². The highest BCUT2D eigenvalue weighted by Crippen LogP contribution is 2.44. The van der Waals surface area contributed by atoms with Crippen molar-refractivity contribution in [3.63, 3.8) is 0 Å². The van der Waals surface area contributed by atoms with Crippen LogP contribution in [0.4, 0.5) is 0 Å². The number of pyridine rings is 1. The molecule has 1 fully saturated rings. The first-order chi connectivity index (χ1) is 9.65. The van der Waals surface area contributed by atoms with Gasteiger partial charge in [-0.25, -0.2) is 0 Å². The fourth-order valence-corrected chi connectivity index (χ4v) is 3.60. The Balaban J connectivity index is 2.10. The molecule has 1 N–H and O–H groups in total. The van der Waals surface area contributed by atoms with Gasteiger partial charge in [0.05, 0.1) is 11.6 Å². The Hall–Kier alpha value is -1.45. The molecule has 0 radical (unpaired) electrons. The summed E-state index contributed by atoms with van der Waals surface area (Å²) in [6.45, 7) is 0. The number of benzene rings is 1. The lowest BCUT2D eigenvalue weighted by molar-refractivity contribution is -0.00405. The lowest BCUT2D eigenvalue weighted by atomic mass is 9.84. The lowest BCUT2D eigenvalue weighted by Crippen LogP contribution is -2.47. The predicted octanol–water partition coefficient (Wildman–Crippen LogP) is 3.14. The van der Waals surface area contributed by atoms with Crippen LogP contribution in [0.5, 0.6) is 0 Å². The zero-order valence-corrected chi connectivity index (χ0v) is 12.2. The van der Waals surface area contributed by atoms with Crippen LogP contribution in [0, 0.1) is 0 Å². The molecule has 1 aliphatic rings. The number of aliphatic hydroxyl groups is 1. The number of rotatable bonds is 3. The number of hydrogen-bond acceptors (Lipinski definition) is 3. The molecule has 1 aliphatic carbocycles. The van der Waals surface area contributed by atoms with Crippen LogP contribution in [0.2, 0.25) is 0 Å². The molecule has 106 valence electrons. The molecule has 0 bridgehead atoms. The molecular weight excluding hydrogens is 248 g/mol. The standard InChI is InChI=1S/C17H22N2O/c1-19(2)17(9-5-6-10-17)16(20)15-12-18-11-13-7-3-4-8-14(13)15/h3-4,7-8,11-12,16,20H,5-6,9-10H2,1-2H3. The van der Waals surface area contributed by atoms with Crippen LogP contribution in [0.3, 0.4) is 0 Å². The van der Waals surface area contributed by atoms with Gasteiger partial charge in [0.25, 0.3) is 0 Å². The van der Waals surface area contributed by atoms with Gasteiger partial charge in [0.1, 0.15) is 0 Å². The van der Waals surface area contributed by atoms with Gasteiger partial charge in [0.15, 0.2) is 0 Å². The van der Waals surface area contributed by atoms with Crippen molar-refractivity contribution in [1.29, 1.82) is 0 Å². The van der Waals surface area contributed by atoms with E-state index < -0.39 is 6.10 Å². The summed E-state index contributed by atoms with van der Waals surface area (Å²) in [6.07, 6.45) is 7.67. The number of fused-ring (bicyclic) bond motifs is 1. The van der Waals surface area contributed by atoms with Crippen LogP contribution in [0.15, 0.2) is 36.7 Å². The highest BCUT2D eigenvalue weighted by molar-refractivity contribution is 5.85. The van der Waals surface area contributed by atoms with Crippen LogP contribution in [0.25, 0.3) is 10.8 Å². The van der Waals surface area contributed by atoms with Gasteiger partial charge in [-0.05, 0) is 32.3 Å². The third-order valence-corrected chi connectivity index (χ3v) is 4.86. The second-order valence-corrected chi connectivity index (χ2v) is 6.06. The summed E-state index contributed by atoms with van der Waals surface area (Å²) in [5.74, 6) is 0. The van der Waals surface area contributed by atoms with E-state index in [0.717, 1.165) is 29.2 Å². The molecule has 1 aromatic heterocycles. The summed E-state index contributed by atoms with van der Waals surface area (Å²) < 4.78 is 0. The van der Waals surface area contributed by atoms with Gasteiger partial charge in [-0.3, -0.25) is 4.98 Å². The van der Waals surface area contributed by atoms with Gasteiger partial charge in [-0.15, -0.1) is 0 Å². The van der Waals surface area contributed by atoms with E-state index in [1.807, 2.05) is 24.5 Å². The molecule has 0 amide bonds. The fourth-order valence-electron chi connectivity index (χ4n) is 3.60. The van der Waals surface area contributed by atoms with Crippen molar-refractivity contribution in [1.82, 2.24) is 9.88 Å². The van der Waals surface area contributed by atoms with E-state index in [1.54, 1.807) is 0 Å². The molecular formula is C17H22N2O. The Labute approximate surface area is 120 Å². The maximum atomic E-state index is 11.1. The van der Waals surface area contributed by atoms with Crippen LogP contribution < -0.4 is 0 Å². The molecule has 3 rings (SSSR count). The predicted molar refractivity (Wildman–Crippen MR) is 81.6 cm³/mol. The summed E-state index contributed by atoms with van der Waals surface area (Å²) in [4.78, 5) is 6.52. The second-order valence-electron chi connectivity index (χ2n) is 6.06. The van der Waals surface area contributed by atoms with Crippen LogP contribution in [0.1, 0.15) is 37.4 Å². The molecule has 1 unspecified atom stereocenters. The number of likely N-dealkylation sites (N-methyl/N-ethyl adjacent to an activating group) is 1. The highest BCUT2D eigenvalue weighted by Gasteiger charge is 2.43. The molecule has 0 saturated heterocycles. The van der Waals surface area contributed by atoms with Gasteiger partial charge in [-0.2, -0.15) is 0 Å². The van der Waals surface area contributed by atoms with Crippen molar-refractivity contribution in [2.75, 3.05) is 14.1 Å². The van der Waals surface area contributed by atoms with Crippen LogP contribution in [-0.4, -0.2) is 34.6 Å². The van der Waals surface area contributed by atoms with Gasteiger partial charge in [0.2, 0.25) is 0 Å². The van der Waals surface area contributed by atoms with Gasteiger partial charge < -0.3 is 10.0 Å². The minimum atomic E-state index is -0.487. The summed E-state index contributed by atoms with van der Waals surface area (Å²) >= 11 is 0. The zero-order chi connectivity index (χ0) is 14.2. The molecule has 0 spiro atoms. The van der Waals surface area contributed by atoms with E-state index in [-0.39, 0.29) is 5.54 Å². The molecule has 2 aromatic rings. The van der Waals surface area contributed by atoms with Crippen LogP contribution >= 0.6 is 0 Å². The van der Waals surface area contributed by atoms with Crippen molar-refractivity contribution in [3.05, 3.63) is 42.2 Å². The van der Waals surface area contributed by atoms with Gasteiger partial charge >= 0.3 is 0 Å². The Kier molecular flexibility index (Phi) is 3.48. The summed E-state index contributed by atoms with van der Waals surface area (Å²) in [5.41, 5.74) is 0.810. The van der Waals surface area contributed by atoms with Crippen molar-refractivity contribution < 1.29 is 5.11 Å². The Bertz CT molecular complexity index is 597. The third kappa shape index (κ3) is 2.02. The normalized spacial score (nSPS) is 19.6. The monoisotopic (exact) mass is 270 g/mol. The molecule has 3 nitrogen and oxygen atoms in total. The second kappa shape index (κ2) is 5.15. The molecule has 20 heavy (non-hydrogen) atoms. The van der Waals surface area contributed by atoms with Crippen molar-refractivity contribution in [2.24, 2.45) is 0 Å². The van der Waals surface area contributed by atoms with E-state index in [0.29, 0.717) is 0 Å². The minimum absolute atomic E-state index is 0.147. The largest absolute Gasteiger partial charge is 0.386 e. The van der Waals surface area contributed by atoms with E-state index >= 15 is 0 Å². The third-order valence-electron chi connectivity index (χ3n) is 4.86. The highest BCUT2D eigenvalue weighted by atomic mass is 16.3. The molecule has 1 atom stereocenters. The topological polar surface area (TPSA) is 36.4 Å². The van der Waals surface area contributed by atoms with E-state index in [2.05, 4.69) is 36.1 Å². The maximum absolute atomic E-state index is 11.1. The first-order valence-corrected chi connectivity index (χ1v) is 7.33.